The second kappa shape index (κ2) is 21.5. The summed E-state index contributed by atoms with van der Waals surface area (Å²) in [6.07, 6.45) is 0. The lowest BCUT2D eigenvalue weighted by Gasteiger charge is -2.14. The smallest absolute Gasteiger partial charge is 0.343 e. The van der Waals surface area contributed by atoms with Crippen molar-refractivity contribution in [2.75, 3.05) is 7.11 Å². The van der Waals surface area contributed by atoms with Crippen LogP contribution in [0.3, 0.4) is 0 Å². The normalized spacial score (nSPS) is 10.7. The lowest BCUT2D eigenvalue weighted by Crippen LogP contribution is -2.14. The van der Waals surface area contributed by atoms with Crippen LogP contribution in [0.2, 0.25) is 0 Å². The van der Waals surface area contributed by atoms with E-state index in [0.717, 1.165) is 31.4 Å². The van der Waals surface area contributed by atoms with Gasteiger partial charge in [-0.3, -0.25) is 0 Å². The first-order valence-corrected chi connectivity index (χ1v) is 21.5. The molecule has 7 aromatic rings. The van der Waals surface area contributed by atoms with Gasteiger partial charge in [-0.2, -0.15) is 0 Å². The molecule has 0 saturated heterocycles. The molecule has 0 aromatic heterocycles. The third kappa shape index (κ3) is 11.4. The maximum absolute atomic E-state index is 13.4. The van der Waals surface area contributed by atoms with Gasteiger partial charge < -0.3 is 105 Å². The second-order valence-electron chi connectivity index (χ2n) is 16.0. The van der Waals surface area contributed by atoms with Crippen LogP contribution in [0.4, 0.5) is 0 Å². The Morgan fingerprint density at radius 3 is 0.595 bits per heavy atom. The number of carbonyl (C=O) groups is 7. The highest BCUT2D eigenvalue weighted by molar-refractivity contribution is 6.00. The van der Waals surface area contributed by atoms with Crippen molar-refractivity contribution in [1.82, 2.24) is 0 Å². The molecule has 0 saturated carbocycles. The van der Waals surface area contributed by atoms with Gasteiger partial charge >= 0.3 is 41.8 Å². The van der Waals surface area contributed by atoms with Crippen molar-refractivity contribution >= 4 is 41.8 Å². The van der Waals surface area contributed by atoms with Crippen LogP contribution in [-0.2, 0) is 4.74 Å². The van der Waals surface area contributed by atoms with Crippen LogP contribution in [0, 0.1) is 6.92 Å². The van der Waals surface area contributed by atoms with Crippen LogP contribution < -0.4 is 28.4 Å². The summed E-state index contributed by atoms with van der Waals surface area (Å²) in [4.78, 5) is 91.1. The number of ether oxygens (including phenoxy) is 7. The Labute approximate surface area is 437 Å². The van der Waals surface area contributed by atoms with E-state index in [1.807, 2.05) is 0 Å². The summed E-state index contributed by atoms with van der Waals surface area (Å²) in [5.74, 6) is -30.1. The summed E-state index contributed by atoms with van der Waals surface area (Å²) in [5.41, 5.74) is -4.38. The predicted molar refractivity (Wildman–Crippen MR) is 254 cm³/mol. The Balaban J connectivity index is 1.07. The van der Waals surface area contributed by atoms with Crippen molar-refractivity contribution in [1.29, 1.82) is 0 Å². The minimum Gasteiger partial charge on any atom is -0.504 e. The molecule has 0 atom stereocenters. The first-order chi connectivity index (χ1) is 37.1. The summed E-state index contributed by atoms with van der Waals surface area (Å²) in [6, 6.07) is 9.53. The molecule has 7 aromatic carbocycles. The topological polar surface area (TPSA) is 467 Å². The Kier molecular flexibility index (Phi) is 14.9. The number of rotatable bonds is 13. The third-order valence-electron chi connectivity index (χ3n) is 10.7. The molecule has 0 aliphatic heterocycles. The number of benzene rings is 7. The SMILES string of the molecule is COC(=O)c1cc(O)c(O)c(OC(=O)c2cc(O)c(O)c(OC(=O)c3cc(O)c(O)c(OC(=O)c4cc(O)c(O)c(OC(=O)c5cc(O)c(O)c(OC(=O)c6cc(O)c(O)c(OC(=O)c7cc(C)c(O)c(O)c7)c6)c5)c4)c3)c2)c1. The molecule has 406 valence electrons. The molecule has 0 radical (unpaired) electrons. The van der Waals surface area contributed by atoms with Gasteiger partial charge in [0.15, 0.2) is 80.5 Å². The highest BCUT2D eigenvalue weighted by Gasteiger charge is 2.28. The van der Waals surface area contributed by atoms with Crippen LogP contribution in [0.1, 0.15) is 78.1 Å². The van der Waals surface area contributed by atoms with Crippen molar-refractivity contribution in [2.45, 2.75) is 6.92 Å². The Hall–Kier alpha value is -12.0. The van der Waals surface area contributed by atoms with Gasteiger partial charge in [0.25, 0.3) is 0 Å². The molecule has 0 heterocycles. The van der Waals surface area contributed by atoms with E-state index in [9.17, 15) is 105 Å². The fraction of sp³-hybridized carbons (Fsp3) is 0.0392. The number of hydrogen-bond acceptors (Lipinski definition) is 28. The van der Waals surface area contributed by atoms with E-state index in [2.05, 4.69) is 4.74 Å². The number of aromatic hydroxyl groups is 14. The first kappa shape index (κ1) is 54.8. The number of phenols is 14. The van der Waals surface area contributed by atoms with Gasteiger partial charge in [-0.25, -0.2) is 33.6 Å². The summed E-state index contributed by atoms with van der Waals surface area (Å²) in [7, 11) is 0.996. The van der Waals surface area contributed by atoms with Crippen molar-refractivity contribution in [3.63, 3.8) is 0 Å². The maximum Gasteiger partial charge on any atom is 0.343 e. The Morgan fingerprint density at radius 1 is 0.253 bits per heavy atom. The molecular weight excluding hydrogens is 1060 g/mol. The third-order valence-corrected chi connectivity index (χ3v) is 10.7. The fourth-order valence-corrected chi connectivity index (χ4v) is 6.68. The lowest BCUT2D eigenvalue weighted by atomic mass is 10.1. The van der Waals surface area contributed by atoms with Gasteiger partial charge in [0.05, 0.1) is 46.1 Å². The highest BCUT2D eigenvalue weighted by Crippen LogP contribution is 2.45. The van der Waals surface area contributed by atoms with Crippen LogP contribution >= 0.6 is 0 Å². The number of esters is 7. The fourth-order valence-electron chi connectivity index (χ4n) is 6.68. The van der Waals surface area contributed by atoms with E-state index in [0.29, 0.717) is 60.7 Å². The predicted octanol–water partition coefficient (Wildman–Crippen LogP) is 4.98. The molecule has 28 nitrogen and oxygen atoms in total. The molecule has 0 fully saturated rings. The van der Waals surface area contributed by atoms with E-state index >= 15 is 0 Å². The van der Waals surface area contributed by atoms with E-state index < -0.39 is 185 Å². The second-order valence-corrected chi connectivity index (χ2v) is 16.0. The van der Waals surface area contributed by atoms with E-state index in [4.69, 9.17) is 28.4 Å². The molecule has 0 spiro atoms. The van der Waals surface area contributed by atoms with E-state index in [1.54, 1.807) is 0 Å². The standard InChI is InChI=1S/C51H34O28/c1-17-3-18(4-25(52)38(17)59)46(67)74-33-12-20(6-27(54)40(33)61)48(69)76-35-14-22(8-29(56)42(35)63)50(71)78-37-16-24(10-31(58)44(37)65)51(72)79-36-15-23(9-30(57)43(36)64)49(70)77-34-13-21(7-28(55)41(34)62)47(68)75-32-11-19(45(66)73-2)5-26(53)39(32)60/h3-16,52-65H,1-2H3. The minimum absolute atomic E-state index is 0.0450. The first-order valence-electron chi connectivity index (χ1n) is 21.5. The number of methoxy groups -OCH3 is 1. The zero-order chi connectivity index (χ0) is 58.1. The molecule has 14 N–H and O–H groups in total. The molecule has 0 unspecified atom stereocenters. The van der Waals surface area contributed by atoms with Gasteiger partial charge in [0.2, 0.25) is 34.5 Å². The quantitative estimate of drug-likeness (QED) is 0.0411. The summed E-state index contributed by atoms with van der Waals surface area (Å²) in [5, 5.41) is 144. The zero-order valence-corrected chi connectivity index (χ0v) is 39.6. The van der Waals surface area contributed by atoms with Crippen molar-refractivity contribution < 1.29 is 138 Å². The molecule has 0 aliphatic rings. The number of hydrogen-bond donors (Lipinski definition) is 14. The van der Waals surface area contributed by atoms with Crippen molar-refractivity contribution in [3.8, 4) is 115 Å². The Morgan fingerprint density at radius 2 is 0.418 bits per heavy atom. The number of phenolic OH excluding ortho intramolecular Hbond substituents is 14. The van der Waals surface area contributed by atoms with Gasteiger partial charge in [-0.1, -0.05) is 0 Å². The van der Waals surface area contributed by atoms with Gasteiger partial charge in [0.1, 0.15) is 0 Å². The van der Waals surface area contributed by atoms with Crippen LogP contribution in [0.5, 0.6) is 115 Å². The Bertz CT molecular complexity index is 3740. The molecule has 0 bridgehead atoms. The summed E-state index contributed by atoms with van der Waals surface area (Å²) >= 11 is 0. The average molecular weight is 1090 g/mol. The maximum atomic E-state index is 13.4. The van der Waals surface area contributed by atoms with Crippen molar-refractivity contribution in [2.24, 2.45) is 0 Å². The van der Waals surface area contributed by atoms with E-state index in [-0.39, 0.29) is 16.7 Å². The summed E-state index contributed by atoms with van der Waals surface area (Å²) in [6.45, 7) is 1.34. The molecule has 0 aliphatic carbocycles. The van der Waals surface area contributed by atoms with Gasteiger partial charge in [-0.05, 0) is 97.4 Å². The highest BCUT2D eigenvalue weighted by atomic mass is 16.6. The molecule has 7 rings (SSSR count). The molecular formula is C51H34O28. The monoisotopic (exact) mass is 1090 g/mol. The van der Waals surface area contributed by atoms with Crippen LogP contribution in [0.25, 0.3) is 0 Å². The number of aryl methyl sites for hydroxylation is 1. The zero-order valence-electron chi connectivity index (χ0n) is 39.6. The lowest BCUT2D eigenvalue weighted by molar-refractivity contribution is 0.0595. The number of carbonyl (C=O) groups excluding carboxylic acids is 7. The van der Waals surface area contributed by atoms with Crippen molar-refractivity contribution in [3.05, 3.63) is 129 Å². The largest absolute Gasteiger partial charge is 0.504 e. The van der Waals surface area contributed by atoms with Crippen LogP contribution in [-0.4, -0.2) is 120 Å². The molecule has 28 heteroatoms. The van der Waals surface area contributed by atoms with Crippen LogP contribution in [0.15, 0.2) is 84.9 Å². The van der Waals surface area contributed by atoms with Gasteiger partial charge in [-0.15, -0.1) is 0 Å². The molecule has 0 amide bonds. The molecule has 79 heavy (non-hydrogen) atoms. The van der Waals surface area contributed by atoms with Gasteiger partial charge in [0, 0.05) is 0 Å². The summed E-state index contributed by atoms with van der Waals surface area (Å²) < 4.78 is 35.0. The van der Waals surface area contributed by atoms with E-state index in [1.165, 1.54) is 6.92 Å². The average Bonchev–Trinajstić information content (AvgIpc) is 3.40. The minimum atomic E-state index is -1.58.